The van der Waals surface area contributed by atoms with Crippen LogP contribution in [0.2, 0.25) is 0 Å². The fourth-order valence-corrected chi connectivity index (χ4v) is 3.99. The first kappa shape index (κ1) is 23.7. The van der Waals surface area contributed by atoms with Crippen molar-refractivity contribution in [1.82, 2.24) is 0 Å². The number of hydrogen-bond donors (Lipinski definition) is 0. The zero-order chi connectivity index (χ0) is 22.8. The van der Waals surface area contributed by atoms with Crippen LogP contribution in [0.15, 0.2) is 60.7 Å². The Balaban J connectivity index is 0.00000306. The van der Waals surface area contributed by atoms with Gasteiger partial charge in [0.25, 0.3) is 11.4 Å². The van der Waals surface area contributed by atoms with Gasteiger partial charge in [-0.15, -0.1) is 0 Å². The topological polar surface area (TPSA) is 108 Å². The third kappa shape index (κ3) is 4.35. The Morgan fingerprint density at radius 2 is 1.55 bits per heavy atom. The number of hydrogen-bond acceptors (Lipinski definition) is 6. The fraction of sp³-hybridized carbons (Fsp3) is 0.174. The van der Waals surface area contributed by atoms with Gasteiger partial charge in [0.1, 0.15) is 6.07 Å². The van der Waals surface area contributed by atoms with Crippen molar-refractivity contribution in [2.75, 3.05) is 20.8 Å². The van der Waals surface area contributed by atoms with E-state index in [2.05, 4.69) is 0 Å². The van der Waals surface area contributed by atoms with E-state index >= 15 is 0 Å². The second kappa shape index (κ2) is 9.66. The van der Waals surface area contributed by atoms with E-state index in [1.54, 1.807) is 14.2 Å². The second-order valence-corrected chi connectivity index (χ2v) is 7.17. The first-order valence-corrected chi connectivity index (χ1v) is 9.82. The molecule has 0 aromatic heterocycles. The normalized spacial score (nSPS) is 12.4. The van der Waals surface area contributed by atoms with E-state index in [1.807, 2.05) is 47.0 Å². The summed E-state index contributed by atoms with van der Waals surface area (Å²) in [5.74, 6) is 1.15. The zero-order valence-electron chi connectivity index (χ0n) is 17.9. The highest BCUT2D eigenvalue weighted by Crippen LogP contribution is 2.37. The van der Waals surface area contributed by atoms with Gasteiger partial charge in [-0.2, -0.15) is 4.58 Å². The van der Waals surface area contributed by atoms with Crippen LogP contribution in [0.5, 0.6) is 11.5 Å². The molecule has 0 spiro atoms. The van der Waals surface area contributed by atoms with Gasteiger partial charge in [-0.1, -0.05) is 18.2 Å². The van der Waals surface area contributed by atoms with Crippen molar-refractivity contribution < 1.29 is 36.3 Å². The number of rotatable bonds is 6. The molecule has 0 radical (unpaired) electrons. The van der Waals surface area contributed by atoms with Crippen molar-refractivity contribution in [2.45, 2.75) is 6.42 Å². The van der Waals surface area contributed by atoms with E-state index in [-0.39, 0.29) is 23.8 Å². The van der Waals surface area contributed by atoms with Gasteiger partial charge in [0.05, 0.1) is 29.6 Å². The molecule has 0 unspecified atom stereocenters. The second-order valence-electron chi connectivity index (χ2n) is 7.17. The molecule has 9 nitrogen and oxygen atoms in total. The molecule has 0 fully saturated rings. The highest BCUT2D eigenvalue weighted by atomic mass is 35.5. The number of ether oxygens (including phenoxy) is 2. The van der Waals surface area contributed by atoms with Crippen LogP contribution in [0.25, 0.3) is 0 Å². The number of non-ortho nitro benzene ring substituents is 1. The highest BCUT2D eigenvalue weighted by molar-refractivity contribution is 6.12. The Bertz CT molecular complexity index is 1260. The summed E-state index contributed by atoms with van der Waals surface area (Å²) in [5, 5.41) is 23.0. The molecule has 0 atom stereocenters. The molecule has 3 aromatic carbocycles. The molecule has 10 heteroatoms. The molecule has 0 amide bonds. The molecule has 33 heavy (non-hydrogen) atoms. The van der Waals surface area contributed by atoms with Crippen LogP contribution >= 0.6 is 0 Å². The molecular weight excluding hydrogens is 450 g/mol. The molecule has 0 N–H and O–H groups in total. The molecular formula is C23H20ClN3O6. The van der Waals surface area contributed by atoms with E-state index in [4.69, 9.17) is 9.47 Å². The number of benzene rings is 3. The first-order valence-electron chi connectivity index (χ1n) is 9.82. The lowest BCUT2D eigenvalue weighted by Crippen LogP contribution is -3.00. The molecule has 0 saturated carbocycles. The van der Waals surface area contributed by atoms with Crippen LogP contribution in [0.3, 0.4) is 0 Å². The summed E-state index contributed by atoms with van der Waals surface area (Å²) < 4.78 is 12.8. The summed E-state index contributed by atoms with van der Waals surface area (Å²) in [6.45, 7) is 0.450. The lowest BCUT2D eigenvalue weighted by molar-refractivity contribution is -0.458. The Labute approximate surface area is 195 Å². The van der Waals surface area contributed by atoms with E-state index in [9.17, 15) is 20.2 Å². The van der Waals surface area contributed by atoms with Gasteiger partial charge < -0.3 is 21.9 Å². The number of fused-ring (bicyclic) bond motifs is 1. The van der Waals surface area contributed by atoms with E-state index in [0.717, 1.165) is 28.5 Å². The van der Waals surface area contributed by atoms with Crippen LogP contribution in [-0.4, -0.2) is 40.9 Å². The summed E-state index contributed by atoms with van der Waals surface area (Å²) in [5.41, 5.74) is 3.12. The lowest BCUT2D eigenvalue weighted by Gasteiger charge is -2.20. The molecule has 170 valence electrons. The van der Waals surface area contributed by atoms with E-state index < -0.39 is 9.85 Å². The summed E-state index contributed by atoms with van der Waals surface area (Å²) in [6.07, 6.45) is 0.597. The summed E-state index contributed by atoms with van der Waals surface area (Å²) in [6, 6.07) is 17.0. The Hall–Kier alpha value is -3.98. The average Bonchev–Trinajstić information content (AvgIpc) is 2.82. The molecule has 3 aromatic rings. The third-order valence-corrected chi connectivity index (χ3v) is 5.44. The van der Waals surface area contributed by atoms with Crippen molar-refractivity contribution in [1.29, 1.82) is 0 Å². The van der Waals surface area contributed by atoms with Gasteiger partial charge >= 0.3 is 5.69 Å². The number of methoxy groups -OCH3 is 2. The minimum Gasteiger partial charge on any atom is -1.00 e. The lowest BCUT2D eigenvalue weighted by atomic mass is 9.91. The Morgan fingerprint density at radius 1 is 0.879 bits per heavy atom. The molecule has 1 heterocycles. The number of halogens is 1. The molecule has 0 saturated heterocycles. The predicted octanol–water partition coefficient (Wildman–Crippen LogP) is 1.26. The van der Waals surface area contributed by atoms with Crippen molar-refractivity contribution >= 4 is 22.8 Å². The van der Waals surface area contributed by atoms with Gasteiger partial charge in [-0.25, -0.2) is 0 Å². The first-order chi connectivity index (χ1) is 15.4. The van der Waals surface area contributed by atoms with E-state index in [1.165, 1.54) is 12.1 Å². The fourth-order valence-electron chi connectivity index (χ4n) is 3.99. The molecule has 4 rings (SSSR count). The average molecular weight is 470 g/mol. The number of nitrogens with zero attached hydrogens (tertiary/aromatic N) is 3. The van der Waals surface area contributed by atoms with Gasteiger partial charge in [-0.3, -0.25) is 20.2 Å². The summed E-state index contributed by atoms with van der Waals surface area (Å²) in [7, 11) is 3.12. The van der Waals surface area contributed by atoms with Gasteiger partial charge in [0, 0.05) is 24.1 Å². The molecule has 0 aliphatic carbocycles. The molecule has 0 bridgehead atoms. The standard InChI is InChI=1S/C23H20N3O6.ClH/c1-31-21-12-16-10-11-24(19-9-8-17(25(27)28)13-20(19)26(29)30)23(15-6-4-3-5-7-15)18(16)14-22(21)32-2;/h3-9,12-14H,10-11H2,1-2H3;1H/q+1;/p-1. The smallest absolute Gasteiger partial charge is 0.346 e. The third-order valence-electron chi connectivity index (χ3n) is 5.44. The largest absolute Gasteiger partial charge is 1.00 e. The monoisotopic (exact) mass is 469 g/mol. The predicted molar refractivity (Wildman–Crippen MR) is 117 cm³/mol. The highest BCUT2D eigenvalue weighted by Gasteiger charge is 2.35. The maximum absolute atomic E-state index is 11.8. The van der Waals surface area contributed by atoms with Crippen LogP contribution in [0.4, 0.5) is 17.1 Å². The van der Waals surface area contributed by atoms with Crippen molar-refractivity contribution in [3.8, 4) is 11.5 Å². The maximum atomic E-state index is 11.8. The van der Waals surface area contributed by atoms with Crippen LogP contribution in [0, 0.1) is 20.2 Å². The minimum atomic E-state index is -0.638. The summed E-state index contributed by atoms with van der Waals surface area (Å²) in [4.78, 5) is 21.8. The summed E-state index contributed by atoms with van der Waals surface area (Å²) >= 11 is 0. The van der Waals surface area contributed by atoms with Crippen molar-refractivity contribution in [3.63, 3.8) is 0 Å². The number of nitro groups is 2. The quantitative estimate of drug-likeness (QED) is 0.305. The van der Waals surface area contributed by atoms with Crippen molar-refractivity contribution in [3.05, 3.63) is 97.6 Å². The number of nitro benzene ring substituents is 2. The Morgan fingerprint density at radius 3 is 2.15 bits per heavy atom. The SMILES string of the molecule is COc1cc2c(cc1OC)C(c1ccccc1)=[N+](c1ccc([N+](=O)[O-])cc1[N+](=O)[O-])CC2.[Cl-]. The molecule has 1 aliphatic heterocycles. The maximum Gasteiger partial charge on any atom is 0.346 e. The van der Waals surface area contributed by atoms with Crippen LogP contribution in [-0.2, 0) is 6.42 Å². The molecule has 1 aliphatic rings. The van der Waals surface area contributed by atoms with Crippen LogP contribution < -0.4 is 21.9 Å². The zero-order valence-corrected chi connectivity index (χ0v) is 18.6. The minimum absolute atomic E-state index is 0. The van der Waals surface area contributed by atoms with Gasteiger partial charge in [0.15, 0.2) is 18.0 Å². The van der Waals surface area contributed by atoms with E-state index in [0.29, 0.717) is 30.2 Å². The van der Waals surface area contributed by atoms with Crippen LogP contribution in [0.1, 0.15) is 16.7 Å². The van der Waals surface area contributed by atoms with Gasteiger partial charge in [-0.05, 0) is 29.8 Å². The van der Waals surface area contributed by atoms with Crippen molar-refractivity contribution in [2.24, 2.45) is 0 Å². The van der Waals surface area contributed by atoms with Gasteiger partial charge in [0.2, 0.25) is 5.71 Å². The Kier molecular flexibility index (Phi) is 6.93.